The Hall–Kier alpha value is -1.38. The number of nitrogens with one attached hydrogen (secondary N) is 1. The molecule has 1 saturated carbocycles. The molecule has 0 bridgehead atoms. The van der Waals surface area contributed by atoms with Crippen molar-refractivity contribution in [3.63, 3.8) is 0 Å². The SMILES string of the molecule is O=C(NCc1cccc(F)c1)C1CCCC1. The van der Waals surface area contributed by atoms with Gasteiger partial charge in [0, 0.05) is 12.5 Å². The Morgan fingerprint density at radius 2 is 2.12 bits per heavy atom. The van der Waals surface area contributed by atoms with Crippen molar-refractivity contribution in [2.45, 2.75) is 32.2 Å². The molecule has 0 atom stereocenters. The minimum Gasteiger partial charge on any atom is -0.352 e. The van der Waals surface area contributed by atoms with Crippen molar-refractivity contribution in [3.05, 3.63) is 35.6 Å². The Bertz CT molecular complexity index is 372. The van der Waals surface area contributed by atoms with E-state index in [1.807, 2.05) is 6.07 Å². The molecule has 1 N–H and O–H groups in total. The maximum Gasteiger partial charge on any atom is 0.223 e. The molecule has 1 aromatic rings. The first kappa shape index (κ1) is 11.1. The summed E-state index contributed by atoms with van der Waals surface area (Å²) in [6.45, 7) is 0.424. The summed E-state index contributed by atoms with van der Waals surface area (Å²) >= 11 is 0. The normalized spacial score (nSPS) is 16.3. The highest BCUT2D eigenvalue weighted by atomic mass is 19.1. The molecule has 0 heterocycles. The van der Waals surface area contributed by atoms with Gasteiger partial charge in [-0.05, 0) is 30.5 Å². The summed E-state index contributed by atoms with van der Waals surface area (Å²) in [6, 6.07) is 6.33. The summed E-state index contributed by atoms with van der Waals surface area (Å²) in [5.41, 5.74) is 0.811. The van der Waals surface area contributed by atoms with Crippen molar-refractivity contribution in [1.82, 2.24) is 5.32 Å². The number of hydrogen-bond acceptors (Lipinski definition) is 1. The molecule has 0 aliphatic heterocycles. The average Bonchev–Trinajstić information content (AvgIpc) is 2.79. The van der Waals surface area contributed by atoms with Gasteiger partial charge in [0.25, 0.3) is 0 Å². The maximum atomic E-state index is 12.9. The predicted octanol–water partition coefficient (Wildman–Crippen LogP) is 2.63. The van der Waals surface area contributed by atoms with Gasteiger partial charge in [-0.2, -0.15) is 0 Å². The van der Waals surface area contributed by atoms with E-state index in [1.165, 1.54) is 12.1 Å². The van der Waals surface area contributed by atoms with E-state index in [4.69, 9.17) is 0 Å². The lowest BCUT2D eigenvalue weighted by Crippen LogP contribution is -2.28. The molecule has 0 spiro atoms. The van der Waals surface area contributed by atoms with Crippen LogP contribution < -0.4 is 5.32 Å². The van der Waals surface area contributed by atoms with Crippen LogP contribution in [-0.4, -0.2) is 5.91 Å². The third kappa shape index (κ3) is 2.81. The summed E-state index contributed by atoms with van der Waals surface area (Å²) in [5.74, 6) is 0.0305. The van der Waals surface area contributed by atoms with Gasteiger partial charge in [0.1, 0.15) is 5.82 Å². The van der Waals surface area contributed by atoms with Crippen molar-refractivity contribution in [3.8, 4) is 0 Å². The van der Waals surface area contributed by atoms with Gasteiger partial charge in [-0.25, -0.2) is 4.39 Å². The van der Waals surface area contributed by atoms with E-state index in [-0.39, 0.29) is 17.6 Å². The Labute approximate surface area is 94.9 Å². The van der Waals surface area contributed by atoms with Crippen LogP contribution in [0.5, 0.6) is 0 Å². The molecule has 1 fully saturated rings. The molecule has 2 nitrogen and oxygen atoms in total. The lowest BCUT2D eigenvalue weighted by molar-refractivity contribution is -0.124. The molecule has 0 saturated heterocycles. The molecule has 2 rings (SSSR count). The van der Waals surface area contributed by atoms with Crippen LogP contribution in [0.25, 0.3) is 0 Å². The molecular formula is C13H16FNO. The molecule has 1 aliphatic carbocycles. The van der Waals surface area contributed by atoms with E-state index < -0.39 is 0 Å². The van der Waals surface area contributed by atoms with Crippen molar-refractivity contribution < 1.29 is 9.18 Å². The van der Waals surface area contributed by atoms with Crippen LogP contribution in [0.1, 0.15) is 31.2 Å². The van der Waals surface area contributed by atoms with Crippen LogP contribution in [0.3, 0.4) is 0 Å². The van der Waals surface area contributed by atoms with Gasteiger partial charge in [-0.1, -0.05) is 25.0 Å². The maximum absolute atomic E-state index is 12.9. The summed E-state index contributed by atoms with van der Waals surface area (Å²) < 4.78 is 12.9. The molecule has 0 unspecified atom stereocenters. The number of hydrogen-bond donors (Lipinski definition) is 1. The van der Waals surface area contributed by atoms with Gasteiger partial charge < -0.3 is 5.32 Å². The minimum absolute atomic E-state index is 0.113. The fraction of sp³-hybridized carbons (Fsp3) is 0.462. The molecule has 1 amide bonds. The summed E-state index contributed by atoms with van der Waals surface area (Å²) in [6.07, 6.45) is 4.29. The Morgan fingerprint density at radius 3 is 2.81 bits per heavy atom. The van der Waals surface area contributed by atoms with E-state index in [2.05, 4.69) is 5.32 Å². The van der Waals surface area contributed by atoms with Crippen LogP contribution in [-0.2, 0) is 11.3 Å². The Balaban J connectivity index is 1.84. The molecule has 0 radical (unpaired) electrons. The number of carbonyl (C=O) groups is 1. The van der Waals surface area contributed by atoms with Gasteiger partial charge in [-0.3, -0.25) is 4.79 Å². The van der Waals surface area contributed by atoms with Crippen LogP contribution in [0, 0.1) is 11.7 Å². The zero-order valence-electron chi connectivity index (χ0n) is 9.21. The van der Waals surface area contributed by atoms with Crippen LogP contribution in [0.4, 0.5) is 4.39 Å². The number of benzene rings is 1. The first-order valence-electron chi connectivity index (χ1n) is 5.78. The average molecular weight is 221 g/mol. The van der Waals surface area contributed by atoms with Gasteiger partial charge in [-0.15, -0.1) is 0 Å². The lowest BCUT2D eigenvalue weighted by atomic mass is 10.1. The molecule has 3 heteroatoms. The summed E-state index contributed by atoms with van der Waals surface area (Å²) in [7, 11) is 0. The third-order valence-electron chi connectivity index (χ3n) is 3.08. The first-order valence-corrected chi connectivity index (χ1v) is 5.78. The molecular weight excluding hydrogens is 205 g/mol. The fourth-order valence-corrected chi connectivity index (χ4v) is 2.17. The molecule has 1 aliphatic rings. The third-order valence-corrected chi connectivity index (χ3v) is 3.08. The molecule has 1 aromatic carbocycles. The second kappa shape index (κ2) is 5.10. The summed E-state index contributed by atoms with van der Waals surface area (Å²) in [5, 5.41) is 2.86. The van der Waals surface area contributed by atoms with Gasteiger partial charge in [0.15, 0.2) is 0 Å². The van der Waals surface area contributed by atoms with E-state index in [9.17, 15) is 9.18 Å². The number of amides is 1. The molecule has 16 heavy (non-hydrogen) atoms. The quantitative estimate of drug-likeness (QED) is 0.835. The largest absolute Gasteiger partial charge is 0.352 e. The van der Waals surface area contributed by atoms with Crippen molar-refractivity contribution in [1.29, 1.82) is 0 Å². The minimum atomic E-state index is -0.257. The highest BCUT2D eigenvalue weighted by molar-refractivity contribution is 5.78. The van der Waals surface area contributed by atoms with E-state index >= 15 is 0 Å². The van der Waals surface area contributed by atoms with Crippen LogP contribution in [0.15, 0.2) is 24.3 Å². The monoisotopic (exact) mass is 221 g/mol. The van der Waals surface area contributed by atoms with Crippen LogP contribution in [0.2, 0.25) is 0 Å². The van der Waals surface area contributed by atoms with Gasteiger partial charge in [0.2, 0.25) is 5.91 Å². The highest BCUT2D eigenvalue weighted by Crippen LogP contribution is 2.24. The smallest absolute Gasteiger partial charge is 0.223 e. The zero-order valence-corrected chi connectivity index (χ0v) is 9.21. The number of rotatable bonds is 3. The van der Waals surface area contributed by atoms with Crippen molar-refractivity contribution in [2.24, 2.45) is 5.92 Å². The number of carbonyl (C=O) groups excluding carboxylic acids is 1. The van der Waals surface area contributed by atoms with E-state index in [0.29, 0.717) is 6.54 Å². The van der Waals surface area contributed by atoms with E-state index in [1.54, 1.807) is 6.07 Å². The van der Waals surface area contributed by atoms with Crippen molar-refractivity contribution in [2.75, 3.05) is 0 Å². The Kier molecular flexibility index (Phi) is 3.54. The zero-order chi connectivity index (χ0) is 11.4. The lowest BCUT2D eigenvalue weighted by Gasteiger charge is -2.10. The van der Waals surface area contributed by atoms with Gasteiger partial charge >= 0.3 is 0 Å². The predicted molar refractivity (Wildman–Crippen MR) is 60.2 cm³/mol. The van der Waals surface area contributed by atoms with Crippen LogP contribution >= 0.6 is 0 Å². The summed E-state index contributed by atoms with van der Waals surface area (Å²) in [4.78, 5) is 11.7. The van der Waals surface area contributed by atoms with Gasteiger partial charge in [0.05, 0.1) is 0 Å². The second-order valence-corrected chi connectivity index (χ2v) is 4.33. The first-order chi connectivity index (χ1) is 7.75. The molecule has 0 aromatic heterocycles. The van der Waals surface area contributed by atoms with E-state index in [0.717, 1.165) is 31.2 Å². The van der Waals surface area contributed by atoms with Crippen molar-refractivity contribution >= 4 is 5.91 Å². The Morgan fingerprint density at radius 1 is 1.38 bits per heavy atom. The second-order valence-electron chi connectivity index (χ2n) is 4.33. The molecule has 86 valence electrons. The standard InChI is InChI=1S/C13H16FNO/c14-12-7-3-4-10(8-12)9-15-13(16)11-5-1-2-6-11/h3-4,7-8,11H,1-2,5-6,9H2,(H,15,16). The fourth-order valence-electron chi connectivity index (χ4n) is 2.17. The highest BCUT2D eigenvalue weighted by Gasteiger charge is 2.21. The number of halogens is 1. The topological polar surface area (TPSA) is 29.1 Å².